The highest BCUT2D eigenvalue weighted by Crippen LogP contribution is 2.60. The number of quaternary nitrogens is 1. The van der Waals surface area contributed by atoms with Crippen molar-refractivity contribution in [2.45, 2.75) is 140 Å². The number of hydrogen-bond donors (Lipinski definition) is 4. The van der Waals surface area contributed by atoms with Gasteiger partial charge < -0.3 is 16.0 Å². The number of nitrogens with zero attached hydrogens (tertiary/aromatic N) is 9. The molecule has 6 heterocycles. The number of rotatable bonds is 9. The van der Waals surface area contributed by atoms with E-state index in [0.29, 0.717) is 48.8 Å². The van der Waals surface area contributed by atoms with Crippen LogP contribution in [0.3, 0.4) is 0 Å². The summed E-state index contributed by atoms with van der Waals surface area (Å²) >= 11 is 6.36. The van der Waals surface area contributed by atoms with Crippen LogP contribution in [0.2, 0.25) is 5.28 Å². The van der Waals surface area contributed by atoms with Crippen molar-refractivity contribution in [3.05, 3.63) is 70.0 Å². The lowest BCUT2D eigenvalue weighted by atomic mass is 9.76. The number of anilines is 3. The number of benzene rings is 1. The fourth-order valence-electron chi connectivity index (χ4n) is 10.4. The fourth-order valence-corrected chi connectivity index (χ4v) is 10.5. The minimum absolute atomic E-state index is 0.0507. The zero-order chi connectivity index (χ0) is 42.7. The molecule has 1 aliphatic carbocycles. The molecule has 0 radical (unpaired) electrons. The van der Waals surface area contributed by atoms with Crippen molar-refractivity contribution in [3.8, 4) is 5.69 Å². The van der Waals surface area contributed by atoms with Gasteiger partial charge in [0.1, 0.15) is 11.9 Å². The van der Waals surface area contributed by atoms with Gasteiger partial charge in [0.15, 0.2) is 23.0 Å². The third kappa shape index (κ3) is 7.63. The monoisotopic (exact) mass is 846 g/mol. The summed E-state index contributed by atoms with van der Waals surface area (Å²) in [5, 5.41) is 23.4. The van der Waals surface area contributed by atoms with E-state index in [-0.39, 0.29) is 61.8 Å². The van der Waals surface area contributed by atoms with E-state index in [0.717, 1.165) is 29.9 Å². The van der Waals surface area contributed by atoms with Crippen LogP contribution in [0.5, 0.6) is 0 Å². The van der Waals surface area contributed by atoms with Crippen molar-refractivity contribution in [1.82, 2.24) is 55.3 Å². The van der Waals surface area contributed by atoms with E-state index in [1.807, 2.05) is 20.8 Å². The van der Waals surface area contributed by atoms with Crippen LogP contribution in [0, 0.1) is 17.5 Å². The quantitative estimate of drug-likeness (QED) is 0.0736. The lowest BCUT2D eigenvalue weighted by Gasteiger charge is -2.51. The van der Waals surface area contributed by atoms with Gasteiger partial charge in [0.25, 0.3) is 11.6 Å². The summed E-state index contributed by atoms with van der Waals surface area (Å²) < 4.78 is 89.4. The van der Waals surface area contributed by atoms with E-state index in [4.69, 9.17) is 11.6 Å². The van der Waals surface area contributed by atoms with Crippen LogP contribution >= 0.6 is 11.6 Å². The molecule has 4 aromatic rings. The standard InChI is InChI=1S/C39H47ClF6N13/c1-19-29(59(19,31-26(43)18-47-33(40)52-31)22-15-36(4,5)54-37(6,7)16-22)38(8)14-21(13-35(2,3)55-38)49-30-25(42)17-48-34(51-30)50-27-12-28(23(11-24(27)41)20-9-10-20)58-32(39(44,45)46)53-56-57-58/h11-12,17-18,20-22,54-55H,9-10,13-16H2,1-8H3,(H2,48,49,50,51)/q+1. The molecule has 3 aromatic heterocycles. The molecule has 3 aliphatic heterocycles. The molecule has 1 aromatic carbocycles. The molecule has 4 N–H and O–H groups in total. The van der Waals surface area contributed by atoms with Crippen molar-refractivity contribution >= 4 is 34.9 Å². The normalized spacial score (nSPS) is 26.5. The largest absolute Gasteiger partial charge is 0.453 e. The Bertz CT molecular complexity index is 2340. The third-order valence-electron chi connectivity index (χ3n) is 11.9. The van der Waals surface area contributed by atoms with E-state index in [9.17, 15) is 13.2 Å². The second-order valence-electron chi connectivity index (χ2n) is 18.6. The highest BCUT2D eigenvalue weighted by atomic mass is 35.5. The van der Waals surface area contributed by atoms with Crippen LogP contribution in [0.15, 0.2) is 35.9 Å². The number of piperidine rings is 2. The van der Waals surface area contributed by atoms with Crippen molar-refractivity contribution in [2.75, 3.05) is 10.6 Å². The van der Waals surface area contributed by atoms with Gasteiger partial charge in [-0.1, -0.05) is 0 Å². The summed E-state index contributed by atoms with van der Waals surface area (Å²) in [6, 6.07) is 1.82. The third-order valence-corrected chi connectivity index (χ3v) is 12.1. The minimum atomic E-state index is -4.87. The molecule has 0 spiro atoms. The first-order valence-corrected chi connectivity index (χ1v) is 19.9. The lowest BCUT2D eigenvalue weighted by Crippen LogP contribution is -2.67. The van der Waals surface area contributed by atoms with Gasteiger partial charge in [0.05, 0.1) is 29.3 Å². The van der Waals surface area contributed by atoms with Crippen molar-refractivity contribution in [1.29, 1.82) is 0 Å². The number of tetrazole rings is 1. The highest BCUT2D eigenvalue weighted by Gasteiger charge is 2.71. The molecule has 20 heteroatoms. The molecule has 0 amide bonds. The van der Waals surface area contributed by atoms with E-state index in [2.05, 4.69) is 91.3 Å². The zero-order valence-electron chi connectivity index (χ0n) is 34.0. The highest BCUT2D eigenvalue weighted by molar-refractivity contribution is 6.28. The summed E-state index contributed by atoms with van der Waals surface area (Å²) in [5.41, 5.74) is 0.0127. The Kier molecular flexibility index (Phi) is 9.65. The molecule has 2 saturated heterocycles. The Morgan fingerprint density at radius 2 is 1.51 bits per heavy atom. The van der Waals surface area contributed by atoms with Gasteiger partial charge in [0.2, 0.25) is 17.0 Å². The first kappa shape index (κ1) is 41.3. The first-order chi connectivity index (χ1) is 27.4. The van der Waals surface area contributed by atoms with E-state index in [1.54, 1.807) is 0 Å². The maximum atomic E-state index is 16.1. The van der Waals surface area contributed by atoms with Crippen LogP contribution < -0.4 is 25.8 Å². The molecular formula is C39H47ClF6N13+. The van der Waals surface area contributed by atoms with Crippen LogP contribution in [0.1, 0.15) is 111 Å². The van der Waals surface area contributed by atoms with Gasteiger partial charge in [-0.05, 0) is 120 Å². The predicted octanol–water partition coefficient (Wildman–Crippen LogP) is 8.22. The maximum absolute atomic E-state index is 16.1. The summed E-state index contributed by atoms with van der Waals surface area (Å²) in [6.07, 6.45) is 0.851. The Morgan fingerprint density at radius 1 is 0.847 bits per heavy atom. The first-order valence-electron chi connectivity index (χ1n) is 19.6. The fraction of sp³-hybridized carbons (Fsp3) is 0.564. The van der Waals surface area contributed by atoms with Gasteiger partial charge in [-0.3, -0.25) is 5.32 Å². The average Bonchev–Trinajstić information content (AvgIpc) is 3.99. The Morgan fingerprint density at radius 3 is 2.17 bits per heavy atom. The number of hydrogen-bond acceptors (Lipinski definition) is 11. The molecule has 3 atom stereocenters. The molecular weight excluding hydrogens is 800 g/mol. The van der Waals surface area contributed by atoms with Crippen LogP contribution in [-0.4, -0.2) is 74.4 Å². The average molecular weight is 847 g/mol. The molecule has 4 aliphatic rings. The lowest BCUT2D eigenvalue weighted by molar-refractivity contribution is -0.146. The number of nitrogens with one attached hydrogen (secondary N) is 4. The van der Waals surface area contributed by atoms with Gasteiger partial charge in [-0.2, -0.15) is 32.2 Å². The molecule has 3 unspecified atom stereocenters. The smallest absolute Gasteiger partial charge is 0.365 e. The maximum Gasteiger partial charge on any atom is 0.453 e. The number of halogens is 7. The predicted molar refractivity (Wildman–Crippen MR) is 209 cm³/mol. The number of allylic oxidation sites excluding steroid dienone is 1. The summed E-state index contributed by atoms with van der Waals surface area (Å²) in [4.78, 5) is 16.8. The second-order valence-corrected chi connectivity index (χ2v) is 18.9. The summed E-state index contributed by atoms with van der Waals surface area (Å²) in [5.74, 6) is -3.82. The Balaban J connectivity index is 1.11. The topological polar surface area (TPSA) is 143 Å². The van der Waals surface area contributed by atoms with E-state index >= 15 is 13.2 Å². The van der Waals surface area contributed by atoms with Gasteiger partial charge in [0, 0.05) is 42.4 Å². The molecule has 316 valence electrons. The van der Waals surface area contributed by atoms with Crippen LogP contribution in [-0.2, 0) is 6.18 Å². The Hall–Kier alpha value is -4.46. The summed E-state index contributed by atoms with van der Waals surface area (Å²) in [6.45, 7) is 16.7. The van der Waals surface area contributed by atoms with E-state index < -0.39 is 46.6 Å². The number of aromatic nitrogens is 8. The molecule has 0 bridgehead atoms. The molecule has 59 heavy (non-hydrogen) atoms. The molecule has 3 fully saturated rings. The van der Waals surface area contributed by atoms with Gasteiger partial charge in [-0.15, -0.1) is 5.10 Å². The van der Waals surface area contributed by atoms with Gasteiger partial charge >= 0.3 is 6.18 Å². The van der Waals surface area contributed by atoms with Crippen molar-refractivity contribution < 1.29 is 26.3 Å². The summed E-state index contributed by atoms with van der Waals surface area (Å²) in [7, 11) is 0. The van der Waals surface area contributed by atoms with Crippen LogP contribution in [0.25, 0.3) is 5.69 Å². The van der Waals surface area contributed by atoms with Crippen molar-refractivity contribution in [2.24, 2.45) is 0 Å². The second kappa shape index (κ2) is 13.8. The molecule has 13 nitrogen and oxygen atoms in total. The molecule has 8 rings (SSSR count). The molecule has 1 saturated carbocycles. The number of alkyl halides is 3. The van der Waals surface area contributed by atoms with Crippen molar-refractivity contribution in [3.63, 3.8) is 0 Å². The zero-order valence-corrected chi connectivity index (χ0v) is 34.7. The SMILES string of the molecule is CC1=C(C2(C)CC(Nc3nc(Nc4cc(-n5nnnc5C(F)(F)F)c(C5CC5)cc4F)ncc3F)CC(C)(C)N2)[N+]1(c1nc(Cl)ncc1F)C1CC(C)(C)NC(C)(C)C1. The van der Waals surface area contributed by atoms with E-state index in [1.165, 1.54) is 6.07 Å². The Labute approximate surface area is 342 Å². The van der Waals surface area contributed by atoms with Crippen LogP contribution in [0.4, 0.5) is 49.6 Å². The van der Waals surface area contributed by atoms with Gasteiger partial charge in [-0.25, -0.2) is 23.2 Å². The minimum Gasteiger partial charge on any atom is -0.365 e.